The highest BCUT2D eigenvalue weighted by atomic mass is 16.3. The van der Waals surface area contributed by atoms with Crippen LogP contribution in [0, 0.1) is 0 Å². The summed E-state index contributed by atoms with van der Waals surface area (Å²) >= 11 is 0. The summed E-state index contributed by atoms with van der Waals surface area (Å²) in [4.78, 5) is 22.3. The van der Waals surface area contributed by atoms with Crippen molar-refractivity contribution in [3.8, 4) is 0 Å². The Hall–Kier alpha value is -2.19. The average molecular weight is 268 g/mol. The number of carbonyl (C=O) groups is 2. The van der Waals surface area contributed by atoms with Crippen LogP contribution in [0.2, 0.25) is 0 Å². The lowest BCUT2D eigenvalue weighted by molar-refractivity contribution is -0.684. The molecule has 0 aliphatic heterocycles. The molecule has 0 aliphatic rings. The molecule has 0 unspecified atom stereocenters. The van der Waals surface area contributed by atoms with Crippen molar-refractivity contribution in [2.24, 2.45) is 5.84 Å². The van der Waals surface area contributed by atoms with E-state index in [1.54, 1.807) is 29.1 Å². The molecule has 0 saturated heterocycles. The first-order valence-corrected chi connectivity index (χ1v) is 5.75. The van der Waals surface area contributed by atoms with Crippen molar-refractivity contribution in [2.75, 3.05) is 13.2 Å². The van der Waals surface area contributed by atoms with Gasteiger partial charge in [-0.05, 0) is 5.56 Å². The first-order chi connectivity index (χ1) is 9.15. The highest BCUT2D eigenvalue weighted by Gasteiger charge is 2.07. The Morgan fingerprint density at radius 1 is 1.26 bits per heavy atom. The van der Waals surface area contributed by atoms with Crippen LogP contribution in [0.4, 0.5) is 4.79 Å². The third-order valence-corrected chi connectivity index (χ3v) is 2.30. The van der Waals surface area contributed by atoms with Crippen LogP contribution in [0.1, 0.15) is 5.56 Å². The molecule has 1 aromatic rings. The molecule has 6 N–H and O–H groups in total. The lowest BCUT2D eigenvalue weighted by Crippen LogP contribution is -2.44. The van der Waals surface area contributed by atoms with Gasteiger partial charge >= 0.3 is 6.03 Å². The second-order valence-electron chi connectivity index (χ2n) is 3.78. The third kappa shape index (κ3) is 5.80. The smallest absolute Gasteiger partial charge is 0.315 e. The number of hydrogen-bond donors (Lipinski definition) is 5. The molecule has 19 heavy (non-hydrogen) atoms. The largest absolute Gasteiger partial charge is 0.395 e. The minimum atomic E-state index is -0.340. The van der Waals surface area contributed by atoms with Crippen molar-refractivity contribution < 1.29 is 19.3 Å². The number of nitrogens with zero attached hydrogens (tertiary/aromatic N) is 1. The van der Waals surface area contributed by atoms with E-state index < -0.39 is 0 Å². The number of aliphatic hydroxyl groups excluding tert-OH is 1. The Labute approximate surface area is 110 Å². The first kappa shape index (κ1) is 14.9. The minimum absolute atomic E-state index is 0.0953. The number of pyridine rings is 1. The third-order valence-electron chi connectivity index (χ3n) is 2.30. The summed E-state index contributed by atoms with van der Waals surface area (Å²) in [5, 5.41) is 13.6. The monoisotopic (exact) mass is 268 g/mol. The van der Waals surface area contributed by atoms with Gasteiger partial charge < -0.3 is 15.7 Å². The summed E-state index contributed by atoms with van der Waals surface area (Å²) in [7, 11) is 0. The number of carbonyl (C=O) groups excluding carboxylic acids is 2. The topological polar surface area (TPSA) is 120 Å². The first-order valence-electron chi connectivity index (χ1n) is 5.75. The van der Waals surface area contributed by atoms with E-state index in [2.05, 4.69) is 10.6 Å². The zero-order valence-electron chi connectivity index (χ0n) is 10.4. The number of rotatable bonds is 6. The second kappa shape index (κ2) is 8.01. The fraction of sp³-hybridized carbons (Fsp3) is 0.364. The van der Waals surface area contributed by atoms with E-state index in [1.165, 1.54) is 0 Å². The number of nitrogens with two attached hydrogens (primary N) is 1. The lowest BCUT2D eigenvalue weighted by atomic mass is 10.2. The predicted molar refractivity (Wildman–Crippen MR) is 66.3 cm³/mol. The molecule has 8 nitrogen and oxygen atoms in total. The normalized spacial score (nSPS) is 9.79. The number of hydrogen-bond acceptors (Lipinski definition) is 4. The van der Waals surface area contributed by atoms with Crippen LogP contribution < -0.4 is 26.5 Å². The Kier molecular flexibility index (Phi) is 6.27. The fourth-order valence-corrected chi connectivity index (χ4v) is 1.34. The minimum Gasteiger partial charge on any atom is -0.395 e. The number of nitrogens with one attached hydrogen (secondary N) is 3. The van der Waals surface area contributed by atoms with Gasteiger partial charge in [0.05, 0.1) is 6.61 Å². The molecule has 1 aromatic heterocycles. The predicted octanol–water partition coefficient (Wildman–Crippen LogP) is -2.24. The van der Waals surface area contributed by atoms with Crippen LogP contribution in [0.5, 0.6) is 0 Å². The van der Waals surface area contributed by atoms with Gasteiger partial charge in [-0.15, -0.1) is 0 Å². The Balaban J connectivity index is 2.39. The number of amides is 3. The van der Waals surface area contributed by atoms with Crippen molar-refractivity contribution in [3.63, 3.8) is 0 Å². The molecule has 0 radical (unpaired) electrons. The van der Waals surface area contributed by atoms with E-state index in [1.807, 2.05) is 5.43 Å². The zero-order chi connectivity index (χ0) is 14.1. The summed E-state index contributed by atoms with van der Waals surface area (Å²) < 4.78 is 1.66. The maximum Gasteiger partial charge on any atom is 0.315 e. The standard InChI is InChI=1S/C11H17N5O3/c12-15-10(18)8-16-4-1-9(2-5-16)7-14-11(19)13-3-6-17/h1-2,4-5,17H,3,6-8,12H2,(H2-,13,14,15,18,19)/p+1. The summed E-state index contributed by atoms with van der Waals surface area (Å²) in [6, 6.07) is 3.24. The van der Waals surface area contributed by atoms with Crippen LogP contribution in [0.25, 0.3) is 0 Å². The molecule has 8 heteroatoms. The van der Waals surface area contributed by atoms with E-state index in [-0.39, 0.29) is 31.6 Å². The lowest BCUT2D eigenvalue weighted by Gasteiger charge is -2.05. The van der Waals surface area contributed by atoms with E-state index >= 15 is 0 Å². The number of aliphatic hydroxyl groups is 1. The molecule has 3 amide bonds. The molecule has 0 saturated carbocycles. The molecule has 0 fully saturated rings. The van der Waals surface area contributed by atoms with E-state index in [0.717, 1.165) is 5.56 Å². The average Bonchev–Trinajstić information content (AvgIpc) is 2.44. The van der Waals surface area contributed by atoms with Crippen LogP contribution in [-0.2, 0) is 17.9 Å². The van der Waals surface area contributed by atoms with Gasteiger partial charge in [-0.2, -0.15) is 4.57 Å². The van der Waals surface area contributed by atoms with Gasteiger partial charge in [-0.25, -0.2) is 10.6 Å². The molecule has 0 aromatic carbocycles. The molecule has 0 bridgehead atoms. The molecular weight excluding hydrogens is 250 g/mol. The molecule has 0 atom stereocenters. The maximum atomic E-state index is 11.2. The van der Waals surface area contributed by atoms with Gasteiger partial charge in [0.2, 0.25) is 6.54 Å². The zero-order valence-corrected chi connectivity index (χ0v) is 10.4. The Bertz CT molecular complexity index is 421. The van der Waals surface area contributed by atoms with Gasteiger partial charge in [0.15, 0.2) is 12.4 Å². The van der Waals surface area contributed by atoms with Crippen LogP contribution >= 0.6 is 0 Å². The maximum absolute atomic E-state index is 11.2. The van der Waals surface area contributed by atoms with Gasteiger partial charge in [0, 0.05) is 25.2 Å². The molecule has 1 heterocycles. The van der Waals surface area contributed by atoms with Crippen LogP contribution in [0.3, 0.4) is 0 Å². The second-order valence-corrected chi connectivity index (χ2v) is 3.78. The van der Waals surface area contributed by atoms with E-state index in [9.17, 15) is 9.59 Å². The quantitative estimate of drug-likeness (QED) is 0.173. The van der Waals surface area contributed by atoms with E-state index in [4.69, 9.17) is 10.9 Å². The van der Waals surface area contributed by atoms with Gasteiger partial charge in [0.25, 0.3) is 5.91 Å². The van der Waals surface area contributed by atoms with Crippen LogP contribution in [0.15, 0.2) is 24.5 Å². The molecular formula is C11H18N5O3+. The summed E-state index contributed by atoms with van der Waals surface area (Å²) in [5.41, 5.74) is 2.93. The van der Waals surface area contributed by atoms with Crippen molar-refractivity contribution in [3.05, 3.63) is 30.1 Å². The molecule has 104 valence electrons. The Morgan fingerprint density at radius 2 is 1.95 bits per heavy atom. The molecule has 0 spiro atoms. The highest BCUT2D eigenvalue weighted by molar-refractivity contribution is 5.74. The summed E-state index contributed by atoms with van der Waals surface area (Å²) in [5.74, 6) is 4.69. The molecule has 1 rings (SSSR count). The van der Waals surface area contributed by atoms with Crippen molar-refractivity contribution in [1.29, 1.82) is 0 Å². The SMILES string of the molecule is NNC(=O)C[n+]1ccc(CNC(=O)NCCO)cc1. The summed E-state index contributed by atoms with van der Waals surface area (Å²) in [6.45, 7) is 0.624. The fourth-order valence-electron chi connectivity index (χ4n) is 1.34. The van der Waals surface area contributed by atoms with E-state index in [0.29, 0.717) is 6.54 Å². The van der Waals surface area contributed by atoms with Crippen LogP contribution in [-0.4, -0.2) is 30.2 Å². The highest BCUT2D eigenvalue weighted by Crippen LogP contribution is 1.94. The molecule has 0 aliphatic carbocycles. The number of urea groups is 1. The van der Waals surface area contributed by atoms with Gasteiger partial charge in [-0.3, -0.25) is 10.2 Å². The number of hydrazine groups is 1. The van der Waals surface area contributed by atoms with Gasteiger partial charge in [0.1, 0.15) is 0 Å². The van der Waals surface area contributed by atoms with Crippen molar-refractivity contribution >= 4 is 11.9 Å². The van der Waals surface area contributed by atoms with Gasteiger partial charge in [-0.1, -0.05) is 0 Å². The van der Waals surface area contributed by atoms with Crippen molar-refractivity contribution in [2.45, 2.75) is 13.1 Å². The number of aromatic nitrogens is 1. The van der Waals surface area contributed by atoms with Crippen molar-refractivity contribution in [1.82, 2.24) is 16.1 Å². The summed E-state index contributed by atoms with van der Waals surface area (Å²) in [6.07, 6.45) is 3.44. The Morgan fingerprint density at radius 3 is 2.53 bits per heavy atom.